The maximum absolute atomic E-state index is 5.50. The van der Waals surface area contributed by atoms with Crippen molar-refractivity contribution in [1.82, 2.24) is 0 Å². The summed E-state index contributed by atoms with van der Waals surface area (Å²) in [5.41, 5.74) is 9.23. The summed E-state index contributed by atoms with van der Waals surface area (Å²) in [6.45, 7) is 4.85. The number of aryl methyl sites for hydroxylation is 1. The lowest BCUT2D eigenvalue weighted by Gasteiger charge is -2.10. The van der Waals surface area contributed by atoms with Gasteiger partial charge in [-0.3, -0.25) is 0 Å². The minimum absolute atomic E-state index is 0.686. The minimum Gasteiger partial charge on any atom is -0.496 e. The summed E-state index contributed by atoms with van der Waals surface area (Å²) < 4.78 is 5.27. The van der Waals surface area contributed by atoms with Crippen LogP contribution in [0.15, 0.2) is 12.1 Å². The highest BCUT2D eigenvalue weighted by Crippen LogP contribution is 2.23. The Morgan fingerprint density at radius 3 is 2.54 bits per heavy atom. The molecule has 0 saturated carbocycles. The Morgan fingerprint density at radius 1 is 1.31 bits per heavy atom. The first-order chi connectivity index (χ1) is 6.19. The van der Waals surface area contributed by atoms with Gasteiger partial charge in [0.15, 0.2) is 0 Å². The minimum atomic E-state index is 0.686. The molecule has 0 unspecified atom stereocenters. The van der Waals surface area contributed by atoms with Gasteiger partial charge in [-0.1, -0.05) is 6.07 Å². The zero-order chi connectivity index (χ0) is 9.84. The van der Waals surface area contributed by atoms with E-state index in [1.807, 2.05) is 0 Å². The van der Waals surface area contributed by atoms with Gasteiger partial charge in [-0.05, 0) is 49.6 Å². The maximum Gasteiger partial charge on any atom is 0.122 e. The zero-order valence-electron chi connectivity index (χ0n) is 8.55. The standard InChI is InChI=1S/C11H17NO/c1-8-6-10(4-5-12)7-11(13-3)9(8)2/h6-7H,4-5,12H2,1-3H3. The van der Waals surface area contributed by atoms with Crippen LogP contribution in [-0.2, 0) is 6.42 Å². The molecule has 13 heavy (non-hydrogen) atoms. The second-order valence-electron chi connectivity index (χ2n) is 3.28. The van der Waals surface area contributed by atoms with Gasteiger partial charge >= 0.3 is 0 Å². The third-order valence-electron chi connectivity index (χ3n) is 2.33. The maximum atomic E-state index is 5.50. The molecule has 2 nitrogen and oxygen atoms in total. The number of nitrogens with two attached hydrogens (primary N) is 1. The van der Waals surface area contributed by atoms with Crippen LogP contribution >= 0.6 is 0 Å². The number of rotatable bonds is 3. The van der Waals surface area contributed by atoms with Crippen LogP contribution in [0.25, 0.3) is 0 Å². The van der Waals surface area contributed by atoms with Crippen molar-refractivity contribution in [3.8, 4) is 5.75 Å². The molecule has 0 aliphatic heterocycles. The van der Waals surface area contributed by atoms with Crippen LogP contribution in [0.2, 0.25) is 0 Å². The molecular formula is C11H17NO. The summed E-state index contributed by atoms with van der Waals surface area (Å²) in [4.78, 5) is 0. The molecule has 0 aliphatic carbocycles. The molecular weight excluding hydrogens is 162 g/mol. The lowest BCUT2D eigenvalue weighted by atomic mass is 10.0. The fraction of sp³-hybridized carbons (Fsp3) is 0.455. The van der Waals surface area contributed by atoms with Gasteiger partial charge < -0.3 is 10.5 Å². The van der Waals surface area contributed by atoms with Crippen LogP contribution < -0.4 is 10.5 Å². The topological polar surface area (TPSA) is 35.2 Å². The van der Waals surface area contributed by atoms with Gasteiger partial charge in [0.25, 0.3) is 0 Å². The van der Waals surface area contributed by atoms with E-state index in [1.54, 1.807) is 7.11 Å². The van der Waals surface area contributed by atoms with Gasteiger partial charge in [0.05, 0.1) is 7.11 Å². The Kier molecular flexibility index (Phi) is 3.32. The van der Waals surface area contributed by atoms with E-state index >= 15 is 0 Å². The third kappa shape index (κ3) is 2.22. The molecule has 0 spiro atoms. The SMILES string of the molecule is COc1cc(CCN)cc(C)c1C. The van der Waals surface area contributed by atoms with Gasteiger partial charge in [-0.15, -0.1) is 0 Å². The van der Waals surface area contributed by atoms with Crippen molar-refractivity contribution >= 4 is 0 Å². The molecule has 1 rings (SSSR count). The lowest BCUT2D eigenvalue weighted by Crippen LogP contribution is -2.03. The Hall–Kier alpha value is -1.02. The normalized spacial score (nSPS) is 10.2. The van der Waals surface area contributed by atoms with E-state index in [9.17, 15) is 0 Å². The quantitative estimate of drug-likeness (QED) is 0.768. The monoisotopic (exact) mass is 179 g/mol. The van der Waals surface area contributed by atoms with Crippen molar-refractivity contribution in [2.24, 2.45) is 5.73 Å². The largest absolute Gasteiger partial charge is 0.496 e. The molecule has 0 heterocycles. The molecule has 1 aromatic carbocycles. The Bertz CT molecular complexity index is 294. The number of methoxy groups -OCH3 is 1. The molecule has 2 heteroatoms. The second-order valence-corrected chi connectivity index (χ2v) is 3.28. The third-order valence-corrected chi connectivity index (χ3v) is 2.33. The number of ether oxygens (including phenoxy) is 1. The van der Waals surface area contributed by atoms with Crippen LogP contribution in [0, 0.1) is 13.8 Å². The first kappa shape index (κ1) is 10.1. The highest BCUT2D eigenvalue weighted by Gasteiger charge is 2.03. The molecule has 0 amide bonds. The summed E-state index contributed by atoms with van der Waals surface area (Å²) >= 11 is 0. The summed E-state index contributed by atoms with van der Waals surface area (Å²) in [5, 5.41) is 0. The molecule has 1 aromatic rings. The van der Waals surface area contributed by atoms with Crippen molar-refractivity contribution in [1.29, 1.82) is 0 Å². The van der Waals surface area contributed by atoms with E-state index in [0.717, 1.165) is 12.2 Å². The van der Waals surface area contributed by atoms with Gasteiger partial charge in [0.1, 0.15) is 5.75 Å². The highest BCUT2D eigenvalue weighted by atomic mass is 16.5. The molecule has 72 valence electrons. The van der Waals surface area contributed by atoms with E-state index in [0.29, 0.717) is 6.54 Å². The number of benzene rings is 1. The van der Waals surface area contributed by atoms with Gasteiger partial charge in [-0.25, -0.2) is 0 Å². The first-order valence-electron chi connectivity index (χ1n) is 4.53. The van der Waals surface area contributed by atoms with Crippen LogP contribution in [0.3, 0.4) is 0 Å². The van der Waals surface area contributed by atoms with Crippen LogP contribution in [0.5, 0.6) is 5.75 Å². The predicted octanol–water partition coefficient (Wildman–Crippen LogP) is 1.81. The molecule has 0 atom stereocenters. The predicted molar refractivity (Wildman–Crippen MR) is 55.2 cm³/mol. The Morgan fingerprint density at radius 2 is 2.00 bits per heavy atom. The van der Waals surface area contributed by atoms with Crippen LogP contribution in [0.4, 0.5) is 0 Å². The molecule has 0 aromatic heterocycles. The van der Waals surface area contributed by atoms with Crippen molar-refractivity contribution in [2.75, 3.05) is 13.7 Å². The summed E-state index contributed by atoms with van der Waals surface area (Å²) in [6, 6.07) is 4.24. The van der Waals surface area contributed by atoms with E-state index in [-0.39, 0.29) is 0 Å². The molecule has 0 fully saturated rings. The number of hydrogen-bond donors (Lipinski definition) is 1. The Balaban J connectivity index is 3.06. The van der Waals surface area contributed by atoms with E-state index < -0.39 is 0 Å². The molecule has 0 aliphatic rings. The average Bonchev–Trinajstić information content (AvgIpc) is 2.11. The van der Waals surface area contributed by atoms with Gasteiger partial charge in [0, 0.05) is 0 Å². The smallest absolute Gasteiger partial charge is 0.122 e. The molecule has 0 radical (unpaired) electrons. The molecule has 0 saturated heterocycles. The van der Waals surface area contributed by atoms with E-state index in [4.69, 9.17) is 10.5 Å². The lowest BCUT2D eigenvalue weighted by molar-refractivity contribution is 0.410. The fourth-order valence-electron chi connectivity index (χ4n) is 1.42. The molecule has 2 N–H and O–H groups in total. The summed E-state index contributed by atoms with van der Waals surface area (Å²) in [7, 11) is 1.70. The molecule has 0 bridgehead atoms. The van der Waals surface area contributed by atoms with Crippen molar-refractivity contribution in [2.45, 2.75) is 20.3 Å². The summed E-state index contributed by atoms with van der Waals surface area (Å²) in [5.74, 6) is 0.962. The van der Waals surface area contributed by atoms with Crippen molar-refractivity contribution < 1.29 is 4.74 Å². The van der Waals surface area contributed by atoms with E-state index in [2.05, 4.69) is 26.0 Å². The first-order valence-corrected chi connectivity index (χ1v) is 4.53. The second kappa shape index (κ2) is 4.28. The van der Waals surface area contributed by atoms with E-state index in [1.165, 1.54) is 16.7 Å². The summed E-state index contributed by atoms with van der Waals surface area (Å²) in [6.07, 6.45) is 0.914. The average molecular weight is 179 g/mol. The van der Waals surface area contributed by atoms with Crippen molar-refractivity contribution in [3.05, 3.63) is 28.8 Å². The van der Waals surface area contributed by atoms with Gasteiger partial charge in [-0.2, -0.15) is 0 Å². The zero-order valence-corrected chi connectivity index (χ0v) is 8.55. The van der Waals surface area contributed by atoms with Crippen LogP contribution in [-0.4, -0.2) is 13.7 Å². The van der Waals surface area contributed by atoms with Crippen molar-refractivity contribution in [3.63, 3.8) is 0 Å². The highest BCUT2D eigenvalue weighted by molar-refractivity contribution is 5.42. The van der Waals surface area contributed by atoms with Gasteiger partial charge in [0.2, 0.25) is 0 Å². The Labute approximate surface area is 79.7 Å². The number of hydrogen-bond acceptors (Lipinski definition) is 2. The van der Waals surface area contributed by atoms with Crippen LogP contribution in [0.1, 0.15) is 16.7 Å². The fourth-order valence-corrected chi connectivity index (χ4v) is 1.42.